The van der Waals surface area contributed by atoms with Gasteiger partial charge in [0.1, 0.15) is 6.33 Å². The molecule has 0 radical (unpaired) electrons. The summed E-state index contributed by atoms with van der Waals surface area (Å²) in [6, 6.07) is 0. The van der Waals surface area contributed by atoms with Crippen LogP contribution in [-0.4, -0.2) is 26.3 Å². The van der Waals surface area contributed by atoms with E-state index in [2.05, 4.69) is 20.2 Å². The number of alkyl halides is 3. The van der Waals surface area contributed by atoms with Crippen LogP contribution in [0.2, 0.25) is 0 Å². The van der Waals surface area contributed by atoms with Gasteiger partial charge in [0, 0.05) is 4.88 Å². The molecule has 0 aromatic carbocycles. The first kappa shape index (κ1) is 11.6. The van der Waals surface area contributed by atoms with Crippen LogP contribution in [0, 0.1) is 5.92 Å². The van der Waals surface area contributed by atoms with Crippen LogP contribution in [0.3, 0.4) is 0 Å². The smallest absolute Gasteiger partial charge is 0.257 e. The predicted octanol–water partition coefficient (Wildman–Crippen LogP) is 2.60. The maximum atomic E-state index is 12.7. The van der Waals surface area contributed by atoms with Crippen LogP contribution < -0.4 is 0 Å². The SMILES string of the molecule is FC(F)(F)C1CCc2nc(-c3ncn[nH]3)sc2C1. The molecule has 0 fully saturated rings. The first-order valence-corrected chi connectivity index (χ1v) is 6.26. The van der Waals surface area contributed by atoms with E-state index in [0.717, 1.165) is 10.6 Å². The molecule has 1 N–H and O–H groups in total. The van der Waals surface area contributed by atoms with Gasteiger partial charge in [0.25, 0.3) is 0 Å². The minimum Gasteiger partial charge on any atom is -0.257 e. The van der Waals surface area contributed by atoms with Crippen LogP contribution in [-0.2, 0) is 12.8 Å². The van der Waals surface area contributed by atoms with E-state index in [1.807, 2.05) is 0 Å². The fraction of sp³-hybridized carbons (Fsp3) is 0.500. The molecule has 4 nitrogen and oxygen atoms in total. The lowest BCUT2D eigenvalue weighted by Crippen LogP contribution is -2.28. The van der Waals surface area contributed by atoms with Gasteiger partial charge < -0.3 is 0 Å². The summed E-state index contributed by atoms with van der Waals surface area (Å²) < 4.78 is 38.0. The van der Waals surface area contributed by atoms with E-state index < -0.39 is 12.1 Å². The molecule has 1 atom stereocenters. The quantitative estimate of drug-likeness (QED) is 0.869. The number of hydrogen-bond acceptors (Lipinski definition) is 4. The van der Waals surface area contributed by atoms with E-state index in [-0.39, 0.29) is 12.8 Å². The molecule has 96 valence electrons. The van der Waals surface area contributed by atoms with Crippen LogP contribution in [0.5, 0.6) is 0 Å². The zero-order valence-electron chi connectivity index (χ0n) is 9.16. The molecular weight excluding hydrogens is 265 g/mol. The van der Waals surface area contributed by atoms with Crippen LogP contribution in [0.1, 0.15) is 17.0 Å². The topological polar surface area (TPSA) is 54.5 Å². The molecule has 1 aliphatic carbocycles. The highest BCUT2D eigenvalue weighted by Crippen LogP contribution is 2.40. The standard InChI is InChI=1S/C10H9F3N4S/c11-10(12,13)5-1-2-6-7(3-5)18-9(16-6)8-14-4-15-17-8/h4-5H,1-3H2,(H,14,15,17). The van der Waals surface area contributed by atoms with Gasteiger partial charge in [-0.3, -0.25) is 5.10 Å². The Morgan fingerprint density at radius 2 is 2.22 bits per heavy atom. The number of H-pyrrole nitrogens is 1. The van der Waals surface area contributed by atoms with Crippen molar-refractivity contribution in [2.75, 3.05) is 0 Å². The molecule has 2 aromatic rings. The van der Waals surface area contributed by atoms with Gasteiger partial charge in [-0.2, -0.15) is 18.3 Å². The zero-order chi connectivity index (χ0) is 12.8. The lowest BCUT2D eigenvalue weighted by atomic mass is 9.91. The van der Waals surface area contributed by atoms with Crippen molar-refractivity contribution in [3.63, 3.8) is 0 Å². The van der Waals surface area contributed by atoms with E-state index in [0.29, 0.717) is 17.3 Å². The molecular formula is C10H9F3N4S. The molecule has 0 amide bonds. The maximum absolute atomic E-state index is 12.7. The van der Waals surface area contributed by atoms with Crippen LogP contribution in [0.4, 0.5) is 13.2 Å². The van der Waals surface area contributed by atoms with E-state index in [9.17, 15) is 13.2 Å². The van der Waals surface area contributed by atoms with Crippen molar-refractivity contribution in [3.05, 3.63) is 16.9 Å². The lowest BCUT2D eigenvalue weighted by Gasteiger charge is -2.23. The van der Waals surface area contributed by atoms with Gasteiger partial charge in [-0.25, -0.2) is 9.97 Å². The summed E-state index contributed by atoms with van der Waals surface area (Å²) in [7, 11) is 0. The van der Waals surface area contributed by atoms with Crippen LogP contribution >= 0.6 is 11.3 Å². The van der Waals surface area contributed by atoms with Gasteiger partial charge in [-0.15, -0.1) is 11.3 Å². The Morgan fingerprint density at radius 3 is 2.89 bits per heavy atom. The number of fused-ring (bicyclic) bond motifs is 1. The average molecular weight is 274 g/mol. The van der Waals surface area contributed by atoms with Crippen molar-refractivity contribution in [1.29, 1.82) is 0 Å². The van der Waals surface area contributed by atoms with Crippen molar-refractivity contribution < 1.29 is 13.2 Å². The van der Waals surface area contributed by atoms with E-state index in [1.54, 1.807) is 0 Å². The van der Waals surface area contributed by atoms with E-state index in [1.165, 1.54) is 17.7 Å². The number of aryl methyl sites for hydroxylation is 1. The molecule has 1 unspecified atom stereocenters. The molecule has 0 saturated heterocycles. The third-order valence-corrected chi connectivity index (χ3v) is 4.15. The van der Waals surface area contributed by atoms with Crippen molar-refractivity contribution >= 4 is 11.3 Å². The fourth-order valence-electron chi connectivity index (χ4n) is 2.06. The van der Waals surface area contributed by atoms with E-state index in [4.69, 9.17) is 0 Å². The summed E-state index contributed by atoms with van der Waals surface area (Å²) in [5.41, 5.74) is 0.770. The summed E-state index contributed by atoms with van der Waals surface area (Å²) >= 11 is 1.27. The third-order valence-electron chi connectivity index (χ3n) is 3.02. The molecule has 1 aliphatic rings. The van der Waals surface area contributed by atoms with Gasteiger partial charge in [-0.05, 0) is 19.3 Å². The summed E-state index contributed by atoms with van der Waals surface area (Å²) in [6.07, 6.45) is -2.23. The molecule has 0 saturated carbocycles. The fourth-order valence-corrected chi connectivity index (χ4v) is 3.20. The molecule has 8 heteroatoms. The van der Waals surface area contributed by atoms with Crippen LogP contribution in [0.25, 0.3) is 10.8 Å². The van der Waals surface area contributed by atoms with Crippen molar-refractivity contribution in [3.8, 4) is 10.8 Å². The first-order chi connectivity index (χ1) is 8.54. The molecule has 0 spiro atoms. The van der Waals surface area contributed by atoms with Crippen LogP contribution in [0.15, 0.2) is 6.33 Å². The Balaban J connectivity index is 1.89. The molecule has 0 aliphatic heterocycles. The number of aromatic nitrogens is 4. The third kappa shape index (κ3) is 2.00. The van der Waals surface area contributed by atoms with Crippen molar-refractivity contribution in [2.24, 2.45) is 5.92 Å². The number of rotatable bonds is 1. The highest BCUT2D eigenvalue weighted by molar-refractivity contribution is 7.15. The van der Waals surface area contributed by atoms with Gasteiger partial charge in [0.15, 0.2) is 10.8 Å². The summed E-state index contributed by atoms with van der Waals surface area (Å²) in [5, 5.41) is 6.99. The molecule has 2 heterocycles. The summed E-state index contributed by atoms with van der Waals surface area (Å²) in [5.74, 6) is -0.731. The molecule has 18 heavy (non-hydrogen) atoms. The van der Waals surface area contributed by atoms with E-state index >= 15 is 0 Å². The summed E-state index contributed by atoms with van der Waals surface area (Å²) in [4.78, 5) is 9.00. The number of aromatic amines is 1. The number of nitrogens with one attached hydrogen (secondary N) is 1. The van der Waals surface area contributed by atoms with Gasteiger partial charge >= 0.3 is 6.18 Å². The van der Waals surface area contributed by atoms with Gasteiger partial charge in [-0.1, -0.05) is 0 Å². The highest BCUT2D eigenvalue weighted by atomic mass is 32.1. The highest BCUT2D eigenvalue weighted by Gasteiger charge is 2.42. The average Bonchev–Trinajstić information content (AvgIpc) is 2.95. The number of halogens is 3. The number of thiazole rings is 1. The number of nitrogens with zero attached hydrogens (tertiary/aromatic N) is 3. The zero-order valence-corrected chi connectivity index (χ0v) is 9.98. The number of hydrogen-bond donors (Lipinski definition) is 1. The van der Waals surface area contributed by atoms with Gasteiger partial charge in [0.05, 0.1) is 11.6 Å². The second-order valence-corrected chi connectivity index (χ2v) is 5.29. The largest absolute Gasteiger partial charge is 0.392 e. The minimum absolute atomic E-state index is 0.0324. The van der Waals surface area contributed by atoms with Crippen molar-refractivity contribution in [2.45, 2.75) is 25.4 Å². The predicted molar refractivity (Wildman–Crippen MR) is 59.1 cm³/mol. The second-order valence-electron chi connectivity index (χ2n) is 4.20. The van der Waals surface area contributed by atoms with Crippen molar-refractivity contribution in [1.82, 2.24) is 20.2 Å². The molecule has 3 rings (SSSR count). The Labute approximate surface area is 104 Å². The first-order valence-electron chi connectivity index (χ1n) is 5.45. The Bertz CT molecular complexity index is 546. The minimum atomic E-state index is -4.12. The Kier molecular flexibility index (Phi) is 2.61. The Morgan fingerprint density at radius 1 is 1.39 bits per heavy atom. The molecule has 2 aromatic heterocycles. The van der Waals surface area contributed by atoms with Gasteiger partial charge in [0.2, 0.25) is 0 Å². The Hall–Kier alpha value is -1.44. The normalized spacial score (nSPS) is 19.8. The summed E-state index contributed by atoms with van der Waals surface area (Å²) in [6.45, 7) is 0. The monoisotopic (exact) mass is 274 g/mol. The lowest BCUT2D eigenvalue weighted by molar-refractivity contribution is -0.176. The maximum Gasteiger partial charge on any atom is 0.392 e. The molecule has 0 bridgehead atoms. The second kappa shape index (κ2) is 4.04.